The van der Waals surface area contributed by atoms with Crippen LogP contribution in [-0.2, 0) is 19.1 Å². The zero-order valence-corrected chi connectivity index (χ0v) is 7.86. The van der Waals surface area contributed by atoms with Crippen molar-refractivity contribution in [1.82, 2.24) is 0 Å². The van der Waals surface area contributed by atoms with Gasteiger partial charge in [0.1, 0.15) is 0 Å². The van der Waals surface area contributed by atoms with Crippen LogP contribution in [0.3, 0.4) is 0 Å². The van der Waals surface area contributed by atoms with Gasteiger partial charge in [-0.3, -0.25) is 14.4 Å². The first-order chi connectivity index (χ1) is 6.59. The Hall–Kier alpha value is -1.16. The van der Waals surface area contributed by atoms with Crippen LogP contribution in [-0.4, -0.2) is 17.2 Å². The van der Waals surface area contributed by atoms with Crippen LogP contribution >= 0.6 is 11.6 Å². The third-order valence-corrected chi connectivity index (χ3v) is 2.84. The second-order valence-corrected chi connectivity index (χ2v) is 3.78. The summed E-state index contributed by atoms with van der Waals surface area (Å²) >= 11 is 5.30. The largest absolute Gasteiger partial charge is 0.392 e. The number of cyclic esters (lactones) is 2. The zero-order valence-electron chi connectivity index (χ0n) is 7.10. The number of ether oxygens (including phenoxy) is 1. The van der Waals surface area contributed by atoms with Crippen LogP contribution in [0.25, 0.3) is 0 Å². The van der Waals surface area contributed by atoms with Crippen molar-refractivity contribution in [3.05, 3.63) is 12.2 Å². The van der Waals surface area contributed by atoms with Gasteiger partial charge in [0.15, 0.2) is 0 Å². The lowest BCUT2D eigenvalue weighted by atomic mass is 9.81. The van der Waals surface area contributed by atoms with Gasteiger partial charge in [0.05, 0.1) is 17.8 Å². The van der Waals surface area contributed by atoms with E-state index in [0.717, 1.165) is 0 Å². The van der Waals surface area contributed by atoms with E-state index >= 15 is 0 Å². The van der Waals surface area contributed by atoms with Crippen LogP contribution in [0.5, 0.6) is 0 Å². The summed E-state index contributed by atoms with van der Waals surface area (Å²) in [5, 5.41) is -0.508. The molecule has 4 nitrogen and oxygen atoms in total. The molecule has 74 valence electrons. The topological polar surface area (TPSA) is 60.4 Å². The molecule has 5 heteroatoms. The Morgan fingerprint density at radius 2 is 2.07 bits per heavy atom. The molecule has 0 N–H and O–H groups in total. The summed E-state index contributed by atoms with van der Waals surface area (Å²) in [4.78, 5) is 33.1. The lowest BCUT2D eigenvalue weighted by molar-refractivity contribution is -0.153. The monoisotopic (exact) mass is 214 g/mol. The maximum Gasteiger partial charge on any atom is 0.321 e. The Kier molecular flexibility index (Phi) is 2.15. The average molecular weight is 215 g/mol. The number of fused-ring (bicyclic) bond motifs is 1. The van der Waals surface area contributed by atoms with Crippen LogP contribution in [0.2, 0.25) is 0 Å². The van der Waals surface area contributed by atoms with Gasteiger partial charge in [-0.25, -0.2) is 0 Å². The van der Waals surface area contributed by atoms with Crippen LogP contribution in [0, 0.1) is 17.8 Å². The standard InChI is InChI=1S/C9H7ClO4/c10-7(11)4-1-2-5-6(3-4)9(13)14-8(5)12/h1-2,4-6H,3H2. The molecule has 1 aliphatic heterocycles. The third-order valence-electron chi connectivity index (χ3n) is 2.56. The molecular formula is C9H7ClO4. The van der Waals surface area contributed by atoms with E-state index in [1.165, 1.54) is 6.08 Å². The molecule has 3 atom stereocenters. The zero-order chi connectivity index (χ0) is 10.3. The van der Waals surface area contributed by atoms with Crippen molar-refractivity contribution in [2.24, 2.45) is 17.8 Å². The molecular weight excluding hydrogens is 208 g/mol. The Labute approximate surface area is 84.9 Å². The Balaban J connectivity index is 2.24. The summed E-state index contributed by atoms with van der Waals surface area (Å²) in [6, 6.07) is 0. The van der Waals surface area contributed by atoms with E-state index in [0.29, 0.717) is 0 Å². The van der Waals surface area contributed by atoms with Gasteiger partial charge in [0.25, 0.3) is 0 Å². The Morgan fingerprint density at radius 1 is 1.36 bits per heavy atom. The molecule has 1 fully saturated rings. The van der Waals surface area contributed by atoms with E-state index in [4.69, 9.17) is 11.6 Å². The van der Waals surface area contributed by atoms with Crippen LogP contribution in [0.4, 0.5) is 0 Å². The van der Waals surface area contributed by atoms with E-state index < -0.39 is 34.9 Å². The van der Waals surface area contributed by atoms with Gasteiger partial charge in [-0.1, -0.05) is 12.2 Å². The summed E-state index contributed by atoms with van der Waals surface area (Å²) < 4.78 is 4.45. The Bertz CT molecular complexity index is 347. The molecule has 0 aromatic carbocycles. The molecule has 3 unspecified atom stereocenters. The van der Waals surface area contributed by atoms with E-state index in [2.05, 4.69) is 4.74 Å². The van der Waals surface area contributed by atoms with Gasteiger partial charge in [-0.2, -0.15) is 0 Å². The predicted molar refractivity (Wildman–Crippen MR) is 46.2 cm³/mol. The molecule has 0 radical (unpaired) electrons. The van der Waals surface area contributed by atoms with Gasteiger partial charge in [0, 0.05) is 0 Å². The Morgan fingerprint density at radius 3 is 2.71 bits per heavy atom. The second kappa shape index (κ2) is 3.20. The van der Waals surface area contributed by atoms with Gasteiger partial charge in [-0.15, -0.1) is 0 Å². The quantitative estimate of drug-likeness (QED) is 0.278. The summed E-state index contributed by atoms with van der Waals surface area (Å²) in [5.74, 6) is -2.60. The number of hydrogen-bond acceptors (Lipinski definition) is 4. The fourth-order valence-electron chi connectivity index (χ4n) is 1.78. The molecule has 2 aliphatic rings. The maximum absolute atomic E-state index is 11.2. The van der Waals surface area contributed by atoms with E-state index in [9.17, 15) is 14.4 Å². The van der Waals surface area contributed by atoms with Crippen molar-refractivity contribution in [3.63, 3.8) is 0 Å². The first kappa shape index (κ1) is 9.40. The molecule has 14 heavy (non-hydrogen) atoms. The lowest BCUT2D eigenvalue weighted by Crippen LogP contribution is -2.25. The number of esters is 2. The van der Waals surface area contributed by atoms with Crippen molar-refractivity contribution >= 4 is 28.8 Å². The number of carbonyl (C=O) groups is 3. The van der Waals surface area contributed by atoms with Gasteiger partial charge < -0.3 is 4.74 Å². The molecule has 1 aliphatic carbocycles. The molecule has 0 aromatic rings. The number of allylic oxidation sites excluding steroid dienone is 1. The molecule has 0 amide bonds. The van der Waals surface area contributed by atoms with Crippen molar-refractivity contribution in [1.29, 1.82) is 0 Å². The van der Waals surface area contributed by atoms with Gasteiger partial charge >= 0.3 is 11.9 Å². The normalized spacial score (nSPS) is 35.4. The van der Waals surface area contributed by atoms with Gasteiger partial charge in [-0.05, 0) is 18.0 Å². The minimum absolute atomic E-state index is 0.272. The third kappa shape index (κ3) is 1.35. The fourth-order valence-corrected chi connectivity index (χ4v) is 1.95. The fraction of sp³-hybridized carbons (Fsp3) is 0.444. The van der Waals surface area contributed by atoms with Crippen molar-refractivity contribution in [2.45, 2.75) is 6.42 Å². The SMILES string of the molecule is O=C(Cl)C1C=CC2C(=O)OC(=O)C2C1. The number of halogens is 1. The van der Waals surface area contributed by atoms with Crippen LogP contribution in [0.1, 0.15) is 6.42 Å². The summed E-state index contributed by atoms with van der Waals surface area (Å²) in [6.45, 7) is 0. The van der Waals surface area contributed by atoms with Crippen LogP contribution < -0.4 is 0 Å². The molecule has 1 saturated heterocycles. The highest BCUT2D eigenvalue weighted by Crippen LogP contribution is 2.35. The van der Waals surface area contributed by atoms with Crippen molar-refractivity contribution in [3.8, 4) is 0 Å². The first-order valence-electron chi connectivity index (χ1n) is 4.23. The minimum Gasteiger partial charge on any atom is -0.392 e. The molecule has 0 bridgehead atoms. The summed E-state index contributed by atoms with van der Waals surface area (Å²) in [6.07, 6.45) is 3.37. The molecule has 0 spiro atoms. The molecule has 1 heterocycles. The minimum atomic E-state index is -0.549. The lowest BCUT2D eigenvalue weighted by Gasteiger charge is -2.18. The predicted octanol–water partition coefficient (Wildman–Crippen LogP) is 0.644. The molecule has 0 saturated carbocycles. The van der Waals surface area contributed by atoms with Crippen molar-refractivity contribution in [2.75, 3.05) is 0 Å². The summed E-state index contributed by atoms with van der Waals surface area (Å²) in [7, 11) is 0. The maximum atomic E-state index is 11.2. The van der Waals surface area contributed by atoms with E-state index in [1.54, 1.807) is 6.08 Å². The van der Waals surface area contributed by atoms with Crippen LogP contribution in [0.15, 0.2) is 12.2 Å². The highest BCUT2D eigenvalue weighted by molar-refractivity contribution is 6.64. The van der Waals surface area contributed by atoms with E-state index in [-0.39, 0.29) is 6.42 Å². The number of carbonyl (C=O) groups excluding carboxylic acids is 3. The summed E-state index contributed by atoms with van der Waals surface area (Å²) in [5.41, 5.74) is 0. The highest BCUT2D eigenvalue weighted by atomic mass is 35.5. The van der Waals surface area contributed by atoms with Gasteiger partial charge in [0.2, 0.25) is 5.24 Å². The smallest absolute Gasteiger partial charge is 0.321 e. The second-order valence-electron chi connectivity index (χ2n) is 3.40. The van der Waals surface area contributed by atoms with E-state index in [1.807, 2.05) is 0 Å². The van der Waals surface area contributed by atoms with Crippen molar-refractivity contribution < 1.29 is 19.1 Å². The number of hydrogen-bond donors (Lipinski definition) is 0. The highest BCUT2D eigenvalue weighted by Gasteiger charge is 2.46. The number of rotatable bonds is 1. The average Bonchev–Trinajstić information content (AvgIpc) is 2.42. The first-order valence-corrected chi connectivity index (χ1v) is 4.60. The molecule has 2 rings (SSSR count). The molecule has 0 aromatic heterocycles.